The molecule has 1 aromatic rings. The quantitative estimate of drug-likeness (QED) is 0.869. The molecule has 0 aromatic heterocycles. The second kappa shape index (κ2) is 5.02. The lowest BCUT2D eigenvalue weighted by Gasteiger charge is -2.42. The largest absolute Gasteiger partial charge is 0.327 e. The van der Waals surface area contributed by atoms with E-state index in [0.717, 1.165) is 26.1 Å². The zero-order chi connectivity index (χ0) is 13.3. The molecule has 1 aliphatic rings. The van der Waals surface area contributed by atoms with Crippen molar-refractivity contribution in [1.29, 1.82) is 0 Å². The van der Waals surface area contributed by atoms with Gasteiger partial charge in [-0.15, -0.1) is 0 Å². The van der Waals surface area contributed by atoms with E-state index in [2.05, 4.69) is 50.8 Å². The second-order valence-electron chi connectivity index (χ2n) is 6.45. The Morgan fingerprint density at radius 3 is 2.72 bits per heavy atom. The highest BCUT2D eigenvalue weighted by molar-refractivity contribution is 5.33. The number of piperidine rings is 1. The van der Waals surface area contributed by atoms with E-state index >= 15 is 0 Å². The van der Waals surface area contributed by atoms with E-state index in [9.17, 15) is 0 Å². The summed E-state index contributed by atoms with van der Waals surface area (Å²) in [5.41, 5.74) is 10.7. The van der Waals surface area contributed by atoms with Gasteiger partial charge in [-0.2, -0.15) is 0 Å². The van der Waals surface area contributed by atoms with Crippen molar-refractivity contribution < 1.29 is 0 Å². The van der Waals surface area contributed by atoms with Crippen molar-refractivity contribution in [2.45, 2.75) is 46.7 Å². The van der Waals surface area contributed by atoms with E-state index in [-0.39, 0.29) is 5.41 Å². The fourth-order valence-electron chi connectivity index (χ4n) is 2.84. The van der Waals surface area contributed by atoms with Crippen molar-refractivity contribution in [2.24, 2.45) is 11.1 Å². The number of nitrogens with zero attached hydrogens (tertiary/aromatic N) is 1. The summed E-state index contributed by atoms with van der Waals surface area (Å²) in [6.07, 6.45) is 1.11. The molecule has 0 spiro atoms. The molecule has 0 bridgehead atoms. The zero-order valence-electron chi connectivity index (χ0n) is 12.2. The summed E-state index contributed by atoms with van der Waals surface area (Å²) in [6, 6.07) is 6.95. The molecule has 0 saturated carbocycles. The molecule has 1 aromatic carbocycles. The summed E-state index contributed by atoms with van der Waals surface area (Å²) < 4.78 is 0. The Balaban J connectivity index is 2.09. The Labute approximate surface area is 111 Å². The molecular formula is C16H26N2. The lowest BCUT2D eigenvalue weighted by atomic mass is 9.79. The van der Waals surface area contributed by atoms with Gasteiger partial charge in [0.25, 0.3) is 0 Å². The average molecular weight is 246 g/mol. The lowest BCUT2D eigenvalue weighted by Crippen LogP contribution is -2.52. The Hall–Kier alpha value is -0.860. The minimum atomic E-state index is 0.232. The van der Waals surface area contributed by atoms with E-state index in [1.54, 1.807) is 0 Å². The van der Waals surface area contributed by atoms with Crippen LogP contribution in [-0.4, -0.2) is 24.0 Å². The van der Waals surface area contributed by atoms with Gasteiger partial charge in [0.1, 0.15) is 0 Å². The van der Waals surface area contributed by atoms with Crippen LogP contribution in [-0.2, 0) is 6.54 Å². The summed E-state index contributed by atoms with van der Waals surface area (Å²) in [5, 5.41) is 0. The van der Waals surface area contributed by atoms with Crippen molar-refractivity contribution in [1.82, 2.24) is 4.90 Å². The molecular weight excluding hydrogens is 220 g/mol. The number of aryl methyl sites for hydroxylation is 1. The van der Waals surface area contributed by atoms with Gasteiger partial charge in [-0.3, -0.25) is 4.90 Å². The molecule has 1 saturated heterocycles. The first kappa shape index (κ1) is 13.6. The van der Waals surface area contributed by atoms with Gasteiger partial charge in [-0.1, -0.05) is 32.0 Å². The predicted octanol–water partition coefficient (Wildman–Crippen LogP) is 2.86. The van der Waals surface area contributed by atoms with Crippen LogP contribution in [0.4, 0.5) is 0 Å². The SMILES string of the molecule is Cc1cccc(CN2CCC(N)C(C)(C)C2)c1C. The second-order valence-corrected chi connectivity index (χ2v) is 6.45. The summed E-state index contributed by atoms with van der Waals surface area (Å²) in [5.74, 6) is 0. The Bertz CT molecular complexity index is 423. The smallest absolute Gasteiger partial charge is 0.0236 e. The highest BCUT2D eigenvalue weighted by Crippen LogP contribution is 2.29. The summed E-state index contributed by atoms with van der Waals surface area (Å²) >= 11 is 0. The Morgan fingerprint density at radius 1 is 1.33 bits per heavy atom. The summed E-state index contributed by atoms with van der Waals surface area (Å²) in [4.78, 5) is 2.55. The molecule has 2 nitrogen and oxygen atoms in total. The standard InChI is InChI=1S/C16H26N2/c1-12-6-5-7-14(13(12)2)10-18-9-8-15(17)16(3,4)11-18/h5-7,15H,8-11,17H2,1-4H3. The van der Waals surface area contributed by atoms with E-state index in [4.69, 9.17) is 5.73 Å². The Kier molecular flexibility index (Phi) is 3.79. The monoisotopic (exact) mass is 246 g/mol. The molecule has 1 heterocycles. The first-order chi connectivity index (χ1) is 8.40. The number of rotatable bonds is 2. The Morgan fingerprint density at radius 2 is 2.06 bits per heavy atom. The summed E-state index contributed by atoms with van der Waals surface area (Å²) in [7, 11) is 0. The van der Waals surface area contributed by atoms with Crippen molar-refractivity contribution in [3.63, 3.8) is 0 Å². The van der Waals surface area contributed by atoms with E-state index in [1.807, 2.05) is 0 Å². The normalized spacial score (nSPS) is 24.2. The van der Waals surface area contributed by atoms with Crippen molar-refractivity contribution in [3.05, 3.63) is 34.9 Å². The zero-order valence-corrected chi connectivity index (χ0v) is 12.2. The minimum absolute atomic E-state index is 0.232. The molecule has 0 amide bonds. The predicted molar refractivity (Wildman–Crippen MR) is 77.6 cm³/mol. The molecule has 0 aliphatic carbocycles. The highest BCUT2D eigenvalue weighted by Gasteiger charge is 2.33. The molecule has 2 rings (SSSR count). The molecule has 1 unspecified atom stereocenters. The van der Waals surface area contributed by atoms with Gasteiger partial charge in [0.15, 0.2) is 0 Å². The van der Waals surface area contributed by atoms with Gasteiger partial charge in [0.2, 0.25) is 0 Å². The van der Waals surface area contributed by atoms with Gasteiger partial charge in [-0.25, -0.2) is 0 Å². The molecule has 1 atom stereocenters. The molecule has 2 heteroatoms. The molecule has 18 heavy (non-hydrogen) atoms. The van der Waals surface area contributed by atoms with Crippen LogP contribution in [0.15, 0.2) is 18.2 Å². The van der Waals surface area contributed by atoms with Crippen molar-refractivity contribution in [2.75, 3.05) is 13.1 Å². The van der Waals surface area contributed by atoms with Gasteiger partial charge < -0.3 is 5.73 Å². The van der Waals surface area contributed by atoms with E-state index in [0.29, 0.717) is 6.04 Å². The third-order valence-electron chi connectivity index (χ3n) is 4.50. The minimum Gasteiger partial charge on any atom is -0.327 e. The van der Waals surface area contributed by atoms with Crippen LogP contribution in [0, 0.1) is 19.3 Å². The first-order valence-electron chi connectivity index (χ1n) is 6.93. The maximum absolute atomic E-state index is 6.20. The molecule has 0 radical (unpaired) electrons. The fourth-order valence-corrected chi connectivity index (χ4v) is 2.84. The number of hydrogen-bond acceptors (Lipinski definition) is 2. The van der Waals surface area contributed by atoms with Gasteiger partial charge in [0.05, 0.1) is 0 Å². The van der Waals surface area contributed by atoms with Gasteiger partial charge in [-0.05, 0) is 42.4 Å². The average Bonchev–Trinajstić information content (AvgIpc) is 2.29. The maximum Gasteiger partial charge on any atom is 0.0236 e. The topological polar surface area (TPSA) is 29.3 Å². The van der Waals surface area contributed by atoms with Crippen LogP contribution >= 0.6 is 0 Å². The molecule has 100 valence electrons. The lowest BCUT2D eigenvalue weighted by molar-refractivity contribution is 0.0897. The van der Waals surface area contributed by atoms with Crippen LogP contribution < -0.4 is 5.73 Å². The van der Waals surface area contributed by atoms with Crippen LogP contribution in [0.1, 0.15) is 37.0 Å². The number of hydrogen-bond donors (Lipinski definition) is 1. The fraction of sp³-hybridized carbons (Fsp3) is 0.625. The van der Waals surface area contributed by atoms with Crippen molar-refractivity contribution >= 4 is 0 Å². The van der Waals surface area contributed by atoms with E-state index < -0.39 is 0 Å². The van der Waals surface area contributed by atoms with E-state index in [1.165, 1.54) is 16.7 Å². The first-order valence-corrected chi connectivity index (χ1v) is 6.93. The molecule has 1 aliphatic heterocycles. The number of nitrogens with two attached hydrogens (primary N) is 1. The highest BCUT2D eigenvalue weighted by atomic mass is 15.1. The van der Waals surface area contributed by atoms with Crippen LogP contribution in [0.3, 0.4) is 0 Å². The number of likely N-dealkylation sites (tertiary alicyclic amines) is 1. The third-order valence-corrected chi connectivity index (χ3v) is 4.50. The van der Waals surface area contributed by atoms with Crippen molar-refractivity contribution in [3.8, 4) is 0 Å². The van der Waals surface area contributed by atoms with Gasteiger partial charge >= 0.3 is 0 Å². The molecule has 1 fully saturated rings. The van der Waals surface area contributed by atoms with Crippen LogP contribution in [0.5, 0.6) is 0 Å². The summed E-state index contributed by atoms with van der Waals surface area (Å²) in [6.45, 7) is 12.3. The van der Waals surface area contributed by atoms with Crippen LogP contribution in [0.2, 0.25) is 0 Å². The molecule has 2 N–H and O–H groups in total. The van der Waals surface area contributed by atoms with Gasteiger partial charge in [0, 0.05) is 25.7 Å². The third kappa shape index (κ3) is 2.76. The van der Waals surface area contributed by atoms with Crippen LogP contribution in [0.25, 0.3) is 0 Å². The number of benzene rings is 1. The maximum atomic E-state index is 6.20.